The Morgan fingerprint density at radius 2 is 2.00 bits per heavy atom. The molecule has 1 N–H and O–H groups in total. The largest absolute Gasteiger partial charge is 0.349 e. The zero-order chi connectivity index (χ0) is 19.0. The van der Waals surface area contributed by atoms with E-state index in [0.29, 0.717) is 24.3 Å². The molecular formula is C20H29N5O2. The second kappa shape index (κ2) is 7.46. The number of aromatic nitrogens is 3. The summed E-state index contributed by atoms with van der Waals surface area (Å²) in [5, 5.41) is 7.49. The van der Waals surface area contributed by atoms with Crippen LogP contribution in [0, 0.1) is 0 Å². The van der Waals surface area contributed by atoms with E-state index in [9.17, 15) is 9.59 Å². The number of nitrogens with zero attached hydrogens (tertiary/aromatic N) is 4. The van der Waals surface area contributed by atoms with E-state index < -0.39 is 0 Å². The van der Waals surface area contributed by atoms with Crippen molar-refractivity contribution in [3.05, 3.63) is 33.4 Å². The van der Waals surface area contributed by atoms with Crippen LogP contribution < -0.4 is 10.9 Å². The fourth-order valence-electron chi connectivity index (χ4n) is 4.57. The van der Waals surface area contributed by atoms with E-state index in [0.717, 1.165) is 37.1 Å². The van der Waals surface area contributed by atoms with E-state index in [4.69, 9.17) is 0 Å². The van der Waals surface area contributed by atoms with Crippen molar-refractivity contribution in [3.8, 4) is 0 Å². The van der Waals surface area contributed by atoms with Crippen molar-refractivity contribution in [3.63, 3.8) is 0 Å². The molecule has 2 aliphatic rings. The first-order valence-corrected chi connectivity index (χ1v) is 10.2. The lowest BCUT2D eigenvalue weighted by atomic mass is 10.1. The highest BCUT2D eigenvalue weighted by atomic mass is 16.2. The monoisotopic (exact) mass is 371 g/mol. The van der Waals surface area contributed by atoms with Gasteiger partial charge in [-0.2, -0.15) is 9.61 Å². The minimum atomic E-state index is -0.105. The molecule has 1 aliphatic carbocycles. The van der Waals surface area contributed by atoms with E-state index in [1.165, 1.54) is 30.2 Å². The molecule has 7 nitrogen and oxygen atoms in total. The quantitative estimate of drug-likeness (QED) is 0.837. The topological polar surface area (TPSA) is 71.6 Å². The van der Waals surface area contributed by atoms with Gasteiger partial charge in [-0.15, -0.1) is 0 Å². The van der Waals surface area contributed by atoms with E-state index >= 15 is 0 Å². The lowest BCUT2D eigenvalue weighted by molar-refractivity contribution is 0.0934. The molecule has 27 heavy (non-hydrogen) atoms. The summed E-state index contributed by atoms with van der Waals surface area (Å²) in [6.45, 7) is 4.32. The number of amides is 1. The number of carbonyl (C=O) groups is 1. The number of fused-ring (bicyclic) bond motifs is 2. The van der Waals surface area contributed by atoms with E-state index in [2.05, 4.69) is 26.8 Å². The molecule has 4 rings (SSSR count). The SMILES string of the molecule is CCn1c2c(c(=O)n3ncc(C(=O)NC4CCCCCC4)c13)CN(C)CC2. The van der Waals surface area contributed by atoms with Gasteiger partial charge in [0.2, 0.25) is 0 Å². The standard InChI is InChI=1S/C20H29N5O2/c1-3-24-17-10-11-23(2)13-16(17)20(27)25-19(24)15(12-21-25)18(26)22-14-8-6-4-5-7-9-14/h12,14H,3-11,13H2,1-2H3,(H,22,26). The minimum Gasteiger partial charge on any atom is -0.349 e. The van der Waals surface area contributed by atoms with Gasteiger partial charge < -0.3 is 14.8 Å². The second-order valence-electron chi connectivity index (χ2n) is 7.92. The Balaban J connectivity index is 1.75. The van der Waals surface area contributed by atoms with Crippen molar-refractivity contribution in [1.82, 2.24) is 24.4 Å². The van der Waals surface area contributed by atoms with Gasteiger partial charge in [0.1, 0.15) is 5.56 Å². The van der Waals surface area contributed by atoms with Crippen molar-refractivity contribution < 1.29 is 4.79 Å². The van der Waals surface area contributed by atoms with Crippen molar-refractivity contribution in [2.24, 2.45) is 0 Å². The molecular weight excluding hydrogens is 342 g/mol. The van der Waals surface area contributed by atoms with Crippen LogP contribution in [0.4, 0.5) is 0 Å². The predicted molar refractivity (Wildman–Crippen MR) is 104 cm³/mol. The lowest BCUT2D eigenvalue weighted by Gasteiger charge is -2.27. The molecule has 0 atom stereocenters. The highest BCUT2D eigenvalue weighted by Crippen LogP contribution is 2.21. The normalized spacial score (nSPS) is 19.0. The zero-order valence-corrected chi connectivity index (χ0v) is 16.3. The van der Waals surface area contributed by atoms with Crippen molar-refractivity contribution in [2.75, 3.05) is 13.6 Å². The maximum absolute atomic E-state index is 13.0. The first-order chi connectivity index (χ1) is 13.1. The van der Waals surface area contributed by atoms with E-state index in [1.54, 1.807) is 6.20 Å². The number of aryl methyl sites for hydroxylation is 1. The molecule has 2 aromatic heterocycles. The highest BCUT2D eigenvalue weighted by Gasteiger charge is 2.26. The number of hydrogen-bond donors (Lipinski definition) is 1. The van der Waals surface area contributed by atoms with Crippen molar-refractivity contribution in [1.29, 1.82) is 0 Å². The molecule has 1 fully saturated rings. The van der Waals surface area contributed by atoms with Crippen LogP contribution in [0.2, 0.25) is 0 Å². The third kappa shape index (κ3) is 3.29. The summed E-state index contributed by atoms with van der Waals surface area (Å²) in [7, 11) is 2.03. The molecule has 0 saturated heterocycles. The van der Waals surface area contributed by atoms with Crippen molar-refractivity contribution >= 4 is 11.6 Å². The number of hydrogen-bond acceptors (Lipinski definition) is 4. The predicted octanol–water partition coefficient (Wildman–Crippen LogP) is 1.96. The Morgan fingerprint density at radius 3 is 2.70 bits per heavy atom. The Morgan fingerprint density at radius 1 is 1.26 bits per heavy atom. The van der Waals surface area contributed by atoms with E-state index in [1.807, 2.05) is 7.05 Å². The Labute approximate surface area is 159 Å². The molecule has 0 bridgehead atoms. The van der Waals surface area contributed by atoms with Gasteiger partial charge in [-0.3, -0.25) is 9.59 Å². The molecule has 1 aliphatic heterocycles. The van der Waals surface area contributed by atoms with Gasteiger partial charge in [0.25, 0.3) is 11.5 Å². The Kier molecular flexibility index (Phi) is 5.04. The molecule has 2 aromatic rings. The van der Waals surface area contributed by atoms with Gasteiger partial charge >= 0.3 is 0 Å². The van der Waals surface area contributed by atoms with Gasteiger partial charge in [-0.25, -0.2) is 0 Å². The van der Waals surface area contributed by atoms with Crippen LogP contribution in [-0.2, 0) is 19.5 Å². The molecule has 0 unspecified atom stereocenters. The van der Waals surface area contributed by atoms with E-state index in [-0.39, 0.29) is 17.5 Å². The summed E-state index contributed by atoms with van der Waals surface area (Å²) >= 11 is 0. The second-order valence-corrected chi connectivity index (χ2v) is 7.92. The minimum absolute atomic E-state index is 0.0928. The number of nitrogens with one attached hydrogen (secondary N) is 1. The number of likely N-dealkylation sites (N-methyl/N-ethyl adjacent to an activating group) is 1. The molecule has 1 saturated carbocycles. The maximum atomic E-state index is 13.0. The molecule has 3 heterocycles. The summed E-state index contributed by atoms with van der Waals surface area (Å²) in [4.78, 5) is 28.2. The van der Waals surface area contributed by atoms with Gasteiger partial charge in [0.05, 0.1) is 11.8 Å². The Bertz CT molecular complexity index is 905. The smallest absolute Gasteiger partial charge is 0.279 e. The van der Waals surface area contributed by atoms with Gasteiger partial charge in [0.15, 0.2) is 5.65 Å². The summed E-state index contributed by atoms with van der Waals surface area (Å²) in [6, 6.07) is 0.225. The average molecular weight is 371 g/mol. The van der Waals surface area contributed by atoms with Crippen LogP contribution in [0.15, 0.2) is 11.0 Å². The van der Waals surface area contributed by atoms with Crippen LogP contribution in [0.3, 0.4) is 0 Å². The molecule has 0 radical (unpaired) electrons. The fourth-order valence-corrected chi connectivity index (χ4v) is 4.57. The average Bonchev–Trinajstić information content (AvgIpc) is 2.94. The third-order valence-corrected chi connectivity index (χ3v) is 6.03. The number of rotatable bonds is 3. The first-order valence-electron chi connectivity index (χ1n) is 10.2. The van der Waals surface area contributed by atoms with Gasteiger partial charge in [-0.05, 0) is 26.8 Å². The summed E-state index contributed by atoms with van der Waals surface area (Å²) in [6.07, 6.45) is 9.28. The number of carbonyl (C=O) groups excluding carboxylic acids is 1. The third-order valence-electron chi connectivity index (χ3n) is 6.03. The zero-order valence-electron chi connectivity index (χ0n) is 16.3. The van der Waals surface area contributed by atoms with Gasteiger partial charge in [-0.1, -0.05) is 25.7 Å². The summed E-state index contributed by atoms with van der Waals surface area (Å²) in [5.41, 5.74) is 2.91. The fraction of sp³-hybridized carbons (Fsp3) is 0.650. The molecule has 0 aromatic carbocycles. The Hall–Kier alpha value is -2.15. The molecule has 1 amide bonds. The van der Waals surface area contributed by atoms with Crippen LogP contribution in [-0.4, -0.2) is 44.6 Å². The molecule has 146 valence electrons. The summed E-state index contributed by atoms with van der Waals surface area (Å²) < 4.78 is 3.53. The van der Waals surface area contributed by atoms with Crippen molar-refractivity contribution in [2.45, 2.75) is 71.0 Å². The van der Waals surface area contributed by atoms with Crippen LogP contribution in [0.25, 0.3) is 5.65 Å². The van der Waals surface area contributed by atoms with Crippen LogP contribution in [0.1, 0.15) is 67.1 Å². The maximum Gasteiger partial charge on any atom is 0.279 e. The molecule has 7 heteroatoms. The van der Waals surface area contributed by atoms with Gasteiger partial charge in [0, 0.05) is 37.8 Å². The first kappa shape index (κ1) is 18.2. The lowest BCUT2D eigenvalue weighted by Crippen LogP contribution is -2.38. The van der Waals surface area contributed by atoms with Crippen LogP contribution in [0.5, 0.6) is 0 Å². The summed E-state index contributed by atoms with van der Waals surface area (Å²) in [5.74, 6) is -0.105. The van der Waals surface area contributed by atoms with Crippen LogP contribution >= 0.6 is 0 Å². The highest BCUT2D eigenvalue weighted by molar-refractivity contribution is 6.00. The molecule has 0 spiro atoms.